The molecule has 158 valence electrons. The normalized spacial score (nSPS) is 9.55. The fourth-order valence-electron chi connectivity index (χ4n) is 2.90. The summed E-state index contributed by atoms with van der Waals surface area (Å²) in [6.07, 6.45) is 0. The predicted molar refractivity (Wildman–Crippen MR) is 131 cm³/mol. The average Bonchev–Trinajstić information content (AvgIpc) is 2.82. The molecule has 0 unspecified atom stereocenters. The van der Waals surface area contributed by atoms with Gasteiger partial charge in [0.05, 0.1) is 4.92 Å². The van der Waals surface area contributed by atoms with E-state index >= 15 is 0 Å². The second kappa shape index (κ2) is 12.1. The highest BCUT2D eigenvalue weighted by atomic mass is 16.6. The van der Waals surface area contributed by atoms with Crippen molar-refractivity contribution in [1.82, 2.24) is 0 Å². The lowest BCUT2D eigenvalue weighted by Crippen LogP contribution is -1.87. The molecular weight excluding hydrogens is 382 g/mol. The lowest BCUT2D eigenvalue weighted by molar-refractivity contribution is -0.384. The van der Waals surface area contributed by atoms with E-state index in [4.69, 9.17) is 0 Å². The molecule has 3 nitrogen and oxygen atoms in total. The first-order valence-corrected chi connectivity index (χ1v) is 10.5. The van der Waals surface area contributed by atoms with Gasteiger partial charge in [0.1, 0.15) is 0 Å². The van der Waals surface area contributed by atoms with Crippen molar-refractivity contribution in [2.45, 2.75) is 27.7 Å². The summed E-state index contributed by atoms with van der Waals surface area (Å²) in [5.41, 5.74) is 7.25. The zero-order chi connectivity index (χ0) is 22.6. The molecule has 4 aromatic rings. The van der Waals surface area contributed by atoms with E-state index in [0.717, 1.165) is 11.1 Å². The first-order chi connectivity index (χ1) is 15.0. The number of non-ortho nitro benzene ring substituents is 1. The molecule has 0 aliphatic carbocycles. The molecule has 0 atom stereocenters. The third-order valence-electron chi connectivity index (χ3n) is 4.62. The Balaban J connectivity index is 0.000000208. The molecule has 0 saturated heterocycles. The minimum absolute atomic E-state index is 0.121. The smallest absolute Gasteiger partial charge is 0.258 e. The Morgan fingerprint density at radius 1 is 0.516 bits per heavy atom. The maximum Gasteiger partial charge on any atom is 0.269 e. The molecular formula is C28H29NO2. The SMILES string of the molecule is CC.Cc1ccc(-c2ccc([N+](=O)[O-])cc2)cc1.Cc1ccc(-c2ccccc2)cc1. The largest absolute Gasteiger partial charge is 0.269 e. The van der Waals surface area contributed by atoms with Crippen molar-refractivity contribution in [3.05, 3.63) is 124 Å². The molecule has 0 heterocycles. The van der Waals surface area contributed by atoms with Crippen LogP contribution in [0.15, 0.2) is 103 Å². The lowest BCUT2D eigenvalue weighted by atomic mass is 10.0. The van der Waals surface area contributed by atoms with Crippen LogP contribution in [0.2, 0.25) is 0 Å². The van der Waals surface area contributed by atoms with Crippen LogP contribution in [0.5, 0.6) is 0 Å². The molecule has 31 heavy (non-hydrogen) atoms. The molecule has 0 fully saturated rings. The van der Waals surface area contributed by atoms with Crippen LogP contribution in [0.1, 0.15) is 25.0 Å². The van der Waals surface area contributed by atoms with Gasteiger partial charge in [-0.2, -0.15) is 0 Å². The summed E-state index contributed by atoms with van der Waals surface area (Å²) in [5.74, 6) is 0. The molecule has 0 bridgehead atoms. The monoisotopic (exact) mass is 411 g/mol. The van der Waals surface area contributed by atoms with Crippen LogP contribution in [0.4, 0.5) is 5.69 Å². The summed E-state index contributed by atoms with van der Waals surface area (Å²) < 4.78 is 0. The second-order valence-corrected chi connectivity index (χ2v) is 6.90. The average molecular weight is 412 g/mol. The van der Waals surface area contributed by atoms with E-state index in [-0.39, 0.29) is 10.6 Å². The highest BCUT2D eigenvalue weighted by Gasteiger charge is 2.04. The van der Waals surface area contributed by atoms with E-state index in [0.29, 0.717) is 0 Å². The van der Waals surface area contributed by atoms with Crippen molar-refractivity contribution in [3.63, 3.8) is 0 Å². The third-order valence-corrected chi connectivity index (χ3v) is 4.62. The third kappa shape index (κ3) is 7.23. The molecule has 0 N–H and O–H groups in total. The predicted octanol–water partition coefficient (Wildman–Crippen LogP) is 8.26. The van der Waals surface area contributed by atoms with Crippen LogP contribution in [0.3, 0.4) is 0 Å². The molecule has 0 aromatic heterocycles. The Morgan fingerprint density at radius 3 is 1.19 bits per heavy atom. The number of benzene rings is 4. The highest BCUT2D eigenvalue weighted by Crippen LogP contribution is 2.22. The molecule has 0 aliphatic heterocycles. The Bertz CT molecular complexity index is 1050. The fourth-order valence-corrected chi connectivity index (χ4v) is 2.90. The molecule has 4 aromatic carbocycles. The minimum Gasteiger partial charge on any atom is -0.258 e. The van der Waals surface area contributed by atoms with Crippen LogP contribution in [-0.2, 0) is 0 Å². The topological polar surface area (TPSA) is 43.1 Å². The number of hydrogen-bond acceptors (Lipinski definition) is 2. The number of nitro benzene ring substituents is 1. The van der Waals surface area contributed by atoms with Gasteiger partial charge >= 0.3 is 0 Å². The summed E-state index contributed by atoms with van der Waals surface area (Å²) in [6, 6.07) is 33.7. The van der Waals surface area contributed by atoms with Crippen molar-refractivity contribution >= 4 is 5.69 Å². The summed E-state index contributed by atoms with van der Waals surface area (Å²) in [5, 5.41) is 10.5. The van der Waals surface area contributed by atoms with Gasteiger partial charge in [-0.15, -0.1) is 0 Å². The van der Waals surface area contributed by atoms with Gasteiger partial charge in [0.25, 0.3) is 5.69 Å². The molecule has 0 saturated carbocycles. The highest BCUT2D eigenvalue weighted by molar-refractivity contribution is 5.65. The van der Waals surface area contributed by atoms with E-state index in [1.54, 1.807) is 12.1 Å². The van der Waals surface area contributed by atoms with Crippen molar-refractivity contribution in [2.24, 2.45) is 0 Å². The first kappa shape index (κ1) is 23.6. The Kier molecular flexibility index (Phi) is 9.18. The number of hydrogen-bond donors (Lipinski definition) is 0. The van der Waals surface area contributed by atoms with Crippen LogP contribution in [-0.4, -0.2) is 4.92 Å². The van der Waals surface area contributed by atoms with Gasteiger partial charge in [0.2, 0.25) is 0 Å². The van der Waals surface area contributed by atoms with Crippen LogP contribution >= 0.6 is 0 Å². The van der Waals surface area contributed by atoms with Gasteiger partial charge in [-0.1, -0.05) is 104 Å². The number of nitrogens with zero attached hydrogens (tertiary/aromatic N) is 1. The van der Waals surface area contributed by atoms with Crippen molar-refractivity contribution in [1.29, 1.82) is 0 Å². The Morgan fingerprint density at radius 2 is 0.839 bits per heavy atom. The summed E-state index contributed by atoms with van der Waals surface area (Å²) in [7, 11) is 0. The maximum absolute atomic E-state index is 10.5. The van der Waals surface area contributed by atoms with Crippen LogP contribution in [0.25, 0.3) is 22.3 Å². The molecule has 0 amide bonds. The zero-order valence-electron chi connectivity index (χ0n) is 18.6. The van der Waals surface area contributed by atoms with Gasteiger partial charge in [0, 0.05) is 12.1 Å². The van der Waals surface area contributed by atoms with E-state index in [9.17, 15) is 10.1 Å². The van der Waals surface area contributed by atoms with Gasteiger partial charge < -0.3 is 0 Å². The van der Waals surface area contributed by atoms with Gasteiger partial charge in [0.15, 0.2) is 0 Å². The van der Waals surface area contributed by atoms with E-state index in [2.05, 4.69) is 55.5 Å². The molecule has 4 rings (SSSR count). The van der Waals surface area contributed by atoms with E-state index < -0.39 is 0 Å². The second-order valence-electron chi connectivity index (χ2n) is 6.90. The lowest BCUT2D eigenvalue weighted by Gasteiger charge is -2.01. The van der Waals surface area contributed by atoms with Crippen molar-refractivity contribution < 1.29 is 4.92 Å². The Labute approximate surface area is 185 Å². The van der Waals surface area contributed by atoms with Crippen molar-refractivity contribution in [2.75, 3.05) is 0 Å². The maximum atomic E-state index is 10.5. The van der Waals surface area contributed by atoms with Crippen LogP contribution in [0, 0.1) is 24.0 Å². The zero-order valence-corrected chi connectivity index (χ0v) is 18.6. The number of aryl methyl sites for hydroxylation is 2. The summed E-state index contributed by atoms with van der Waals surface area (Å²) in [6.45, 7) is 8.13. The van der Waals surface area contributed by atoms with Crippen LogP contribution < -0.4 is 0 Å². The minimum atomic E-state index is -0.390. The quantitative estimate of drug-likeness (QED) is 0.251. The molecule has 0 radical (unpaired) electrons. The van der Waals surface area contributed by atoms with E-state index in [1.807, 2.05) is 51.1 Å². The molecule has 3 heteroatoms. The van der Waals surface area contributed by atoms with Gasteiger partial charge in [-0.05, 0) is 48.2 Å². The van der Waals surface area contributed by atoms with Crippen molar-refractivity contribution in [3.8, 4) is 22.3 Å². The van der Waals surface area contributed by atoms with E-state index in [1.165, 1.54) is 34.4 Å². The fraction of sp³-hybridized carbons (Fsp3) is 0.143. The molecule has 0 spiro atoms. The summed E-state index contributed by atoms with van der Waals surface area (Å²) >= 11 is 0. The molecule has 0 aliphatic rings. The standard InChI is InChI=1S/C13H11NO2.C13H12.C2H6/c1-10-2-4-11(5-3-10)12-6-8-13(9-7-12)14(15)16;1-11-7-9-13(10-8-11)12-5-3-2-4-6-12;1-2/h2-9H,1H3;2-10H,1H3;1-2H3. The summed E-state index contributed by atoms with van der Waals surface area (Å²) in [4.78, 5) is 10.1. The van der Waals surface area contributed by atoms with Gasteiger partial charge in [-0.25, -0.2) is 0 Å². The first-order valence-electron chi connectivity index (χ1n) is 10.5. The number of nitro groups is 1. The Hall–Kier alpha value is -3.72. The number of rotatable bonds is 3. The van der Waals surface area contributed by atoms with Gasteiger partial charge in [-0.3, -0.25) is 10.1 Å².